The van der Waals surface area contributed by atoms with Crippen LogP contribution in [0.15, 0.2) is 28.8 Å². The van der Waals surface area contributed by atoms with Gasteiger partial charge in [0, 0.05) is 18.0 Å². The zero-order valence-corrected chi connectivity index (χ0v) is 12.9. The molecule has 0 saturated carbocycles. The molecule has 6 heteroatoms. The normalized spacial score (nSPS) is 12.0. The summed E-state index contributed by atoms with van der Waals surface area (Å²) in [6.07, 6.45) is 0. The zero-order valence-electron chi connectivity index (χ0n) is 12.9. The van der Waals surface area contributed by atoms with E-state index in [1.54, 1.807) is 18.2 Å². The van der Waals surface area contributed by atoms with E-state index in [4.69, 9.17) is 9.26 Å². The summed E-state index contributed by atoms with van der Waals surface area (Å²) < 4.78 is 10.4. The number of hydrogen-bond acceptors (Lipinski definition) is 5. The van der Waals surface area contributed by atoms with Gasteiger partial charge >= 0.3 is 0 Å². The minimum absolute atomic E-state index is 0.0133. The predicted octanol–water partition coefficient (Wildman–Crippen LogP) is 2.30. The lowest BCUT2D eigenvalue weighted by molar-refractivity contribution is -0.123. The van der Waals surface area contributed by atoms with Gasteiger partial charge in [0.1, 0.15) is 5.76 Å². The fourth-order valence-corrected chi connectivity index (χ4v) is 2.34. The lowest BCUT2D eigenvalue weighted by Crippen LogP contribution is -2.32. The highest BCUT2D eigenvalue weighted by Crippen LogP contribution is 2.24. The Morgan fingerprint density at radius 1 is 1.41 bits per heavy atom. The Morgan fingerprint density at radius 3 is 2.77 bits per heavy atom. The molecule has 0 aliphatic heterocycles. The molecule has 2 rings (SSSR count). The first-order valence-electron chi connectivity index (χ1n) is 7.09. The molecule has 1 aromatic heterocycles. The maximum absolute atomic E-state index is 11.8. The van der Waals surface area contributed by atoms with Crippen molar-refractivity contribution in [3.05, 3.63) is 41.3 Å². The molecule has 0 radical (unpaired) electrons. The van der Waals surface area contributed by atoms with Crippen LogP contribution >= 0.6 is 0 Å². The van der Waals surface area contributed by atoms with Gasteiger partial charge in [0.15, 0.2) is 18.1 Å². The molecule has 0 bridgehead atoms. The molecule has 1 aromatic carbocycles. The van der Waals surface area contributed by atoms with E-state index in [-0.39, 0.29) is 29.9 Å². The van der Waals surface area contributed by atoms with Crippen molar-refractivity contribution in [3.8, 4) is 11.5 Å². The molecule has 1 amide bonds. The minimum atomic E-state index is -0.248. The molecule has 2 aromatic rings. The van der Waals surface area contributed by atoms with E-state index >= 15 is 0 Å². The topological polar surface area (TPSA) is 84.6 Å². The predicted molar refractivity (Wildman–Crippen MR) is 81.0 cm³/mol. The molecule has 0 aliphatic rings. The van der Waals surface area contributed by atoms with Crippen molar-refractivity contribution in [2.75, 3.05) is 13.2 Å². The standard InChI is InChI=1S/C16H20N2O4/c1-10(16-11(2)18-22-12(16)3)8-17-15(20)9-21-14-7-5-4-6-13(14)19/h4-7,10,19H,8-9H2,1-3H3,(H,17,20)/t10-/m0/s1. The van der Waals surface area contributed by atoms with E-state index in [0.29, 0.717) is 6.54 Å². The molecule has 22 heavy (non-hydrogen) atoms. The summed E-state index contributed by atoms with van der Waals surface area (Å²) in [6, 6.07) is 6.53. The van der Waals surface area contributed by atoms with Crippen molar-refractivity contribution in [1.29, 1.82) is 0 Å². The van der Waals surface area contributed by atoms with E-state index in [9.17, 15) is 9.90 Å². The number of phenols is 1. The van der Waals surface area contributed by atoms with E-state index in [0.717, 1.165) is 17.0 Å². The van der Waals surface area contributed by atoms with Crippen LogP contribution in [0.2, 0.25) is 0 Å². The van der Waals surface area contributed by atoms with E-state index in [2.05, 4.69) is 10.5 Å². The highest BCUT2D eigenvalue weighted by Gasteiger charge is 2.17. The maximum Gasteiger partial charge on any atom is 0.257 e. The highest BCUT2D eigenvalue weighted by atomic mass is 16.5. The average molecular weight is 304 g/mol. The van der Waals surface area contributed by atoms with Gasteiger partial charge in [0.25, 0.3) is 5.91 Å². The number of nitrogens with zero attached hydrogens (tertiary/aromatic N) is 1. The lowest BCUT2D eigenvalue weighted by atomic mass is 9.99. The lowest BCUT2D eigenvalue weighted by Gasteiger charge is -2.13. The Labute approximate surface area is 129 Å². The Morgan fingerprint density at radius 2 is 2.14 bits per heavy atom. The summed E-state index contributed by atoms with van der Waals surface area (Å²) in [4.78, 5) is 11.8. The third-order valence-corrected chi connectivity index (χ3v) is 3.41. The van der Waals surface area contributed by atoms with Gasteiger partial charge in [-0.3, -0.25) is 4.79 Å². The smallest absolute Gasteiger partial charge is 0.257 e. The summed E-state index contributed by atoms with van der Waals surface area (Å²) in [5.74, 6) is 0.919. The van der Waals surface area contributed by atoms with E-state index in [1.807, 2.05) is 20.8 Å². The molecular weight excluding hydrogens is 284 g/mol. The molecule has 118 valence electrons. The first-order chi connectivity index (χ1) is 10.5. The number of benzene rings is 1. The van der Waals surface area contributed by atoms with Crippen molar-refractivity contribution in [2.45, 2.75) is 26.7 Å². The van der Waals surface area contributed by atoms with Crippen LogP contribution in [0.25, 0.3) is 0 Å². The Kier molecular flexibility index (Phi) is 5.04. The number of phenolic OH excluding ortho intramolecular Hbond substituents is 1. The zero-order chi connectivity index (χ0) is 16.1. The first kappa shape index (κ1) is 15.9. The number of rotatable bonds is 6. The highest BCUT2D eigenvalue weighted by molar-refractivity contribution is 5.77. The van der Waals surface area contributed by atoms with Crippen LogP contribution in [0.1, 0.15) is 29.9 Å². The van der Waals surface area contributed by atoms with Crippen molar-refractivity contribution < 1.29 is 19.2 Å². The number of aromatic hydroxyl groups is 1. The number of nitrogens with one attached hydrogen (secondary N) is 1. The molecule has 0 spiro atoms. The number of amides is 1. The summed E-state index contributed by atoms with van der Waals surface area (Å²) in [6.45, 7) is 6.05. The Balaban J connectivity index is 1.82. The molecule has 0 aliphatic carbocycles. The fourth-order valence-electron chi connectivity index (χ4n) is 2.34. The Hall–Kier alpha value is -2.50. The van der Waals surface area contributed by atoms with Gasteiger partial charge in [-0.1, -0.05) is 24.2 Å². The van der Waals surface area contributed by atoms with Crippen LogP contribution in [0.4, 0.5) is 0 Å². The van der Waals surface area contributed by atoms with Gasteiger partial charge < -0.3 is 19.7 Å². The molecular formula is C16H20N2O4. The summed E-state index contributed by atoms with van der Waals surface area (Å²) in [5.41, 5.74) is 1.85. The van der Waals surface area contributed by atoms with Gasteiger partial charge in [0.05, 0.1) is 5.69 Å². The van der Waals surface area contributed by atoms with Gasteiger partial charge in [-0.25, -0.2) is 0 Å². The number of para-hydroxylation sites is 2. The van der Waals surface area contributed by atoms with Crippen LogP contribution in [0.5, 0.6) is 11.5 Å². The van der Waals surface area contributed by atoms with Gasteiger partial charge in [-0.15, -0.1) is 0 Å². The van der Waals surface area contributed by atoms with Crippen molar-refractivity contribution in [2.24, 2.45) is 0 Å². The molecule has 1 heterocycles. The summed E-state index contributed by atoms with van der Waals surface area (Å²) in [7, 11) is 0. The molecule has 6 nitrogen and oxygen atoms in total. The van der Waals surface area contributed by atoms with Crippen LogP contribution < -0.4 is 10.1 Å². The Bertz CT molecular complexity index is 632. The number of aryl methyl sites for hydroxylation is 2. The number of carbonyl (C=O) groups excluding carboxylic acids is 1. The van der Waals surface area contributed by atoms with Crippen molar-refractivity contribution >= 4 is 5.91 Å². The maximum atomic E-state index is 11.8. The second kappa shape index (κ2) is 6.98. The largest absolute Gasteiger partial charge is 0.504 e. The third-order valence-electron chi connectivity index (χ3n) is 3.41. The molecule has 0 unspecified atom stereocenters. The molecule has 1 atom stereocenters. The van der Waals surface area contributed by atoms with Crippen LogP contribution in [0, 0.1) is 13.8 Å². The van der Waals surface area contributed by atoms with Crippen molar-refractivity contribution in [3.63, 3.8) is 0 Å². The van der Waals surface area contributed by atoms with Gasteiger partial charge in [-0.2, -0.15) is 0 Å². The van der Waals surface area contributed by atoms with Gasteiger partial charge in [0.2, 0.25) is 0 Å². The van der Waals surface area contributed by atoms with Crippen LogP contribution in [0.3, 0.4) is 0 Å². The second-order valence-corrected chi connectivity index (χ2v) is 5.20. The van der Waals surface area contributed by atoms with Crippen LogP contribution in [-0.2, 0) is 4.79 Å². The van der Waals surface area contributed by atoms with Crippen molar-refractivity contribution in [1.82, 2.24) is 10.5 Å². The quantitative estimate of drug-likeness (QED) is 0.855. The second-order valence-electron chi connectivity index (χ2n) is 5.20. The van der Waals surface area contributed by atoms with Gasteiger partial charge in [-0.05, 0) is 26.0 Å². The number of ether oxygens (including phenoxy) is 1. The average Bonchev–Trinajstić information content (AvgIpc) is 2.83. The summed E-state index contributed by atoms with van der Waals surface area (Å²) >= 11 is 0. The molecule has 0 saturated heterocycles. The SMILES string of the molecule is Cc1noc(C)c1[C@@H](C)CNC(=O)COc1ccccc1O. The minimum Gasteiger partial charge on any atom is -0.504 e. The number of hydrogen-bond donors (Lipinski definition) is 2. The van der Waals surface area contributed by atoms with E-state index in [1.165, 1.54) is 6.07 Å². The number of carbonyl (C=O) groups is 1. The van der Waals surface area contributed by atoms with Crippen LogP contribution in [-0.4, -0.2) is 29.3 Å². The molecule has 0 fully saturated rings. The molecule has 2 N–H and O–H groups in total. The first-order valence-corrected chi connectivity index (χ1v) is 7.09. The van der Waals surface area contributed by atoms with E-state index < -0.39 is 0 Å². The summed E-state index contributed by atoms with van der Waals surface area (Å²) in [5, 5.41) is 16.3. The fraction of sp³-hybridized carbons (Fsp3) is 0.375. The monoisotopic (exact) mass is 304 g/mol. The third kappa shape index (κ3) is 3.78. The number of aromatic nitrogens is 1.